The van der Waals surface area contributed by atoms with Gasteiger partial charge in [0, 0.05) is 6.54 Å². The van der Waals surface area contributed by atoms with Gasteiger partial charge < -0.3 is 10.1 Å². The monoisotopic (exact) mass is 285 g/mol. The lowest BCUT2D eigenvalue weighted by Crippen LogP contribution is -2.15. The van der Waals surface area contributed by atoms with Crippen molar-refractivity contribution in [1.82, 2.24) is 4.98 Å². The number of anilines is 1. The molecule has 0 bridgehead atoms. The average Bonchev–Trinajstić information content (AvgIpc) is 2.36. The van der Waals surface area contributed by atoms with Crippen molar-refractivity contribution >= 4 is 5.82 Å². The van der Waals surface area contributed by atoms with Crippen LogP contribution in [0.5, 0.6) is 0 Å². The molecule has 1 N–H and O–H groups in total. The van der Waals surface area contributed by atoms with Crippen molar-refractivity contribution in [3.05, 3.63) is 35.5 Å². The van der Waals surface area contributed by atoms with Gasteiger partial charge in [0.05, 0.1) is 18.8 Å². The van der Waals surface area contributed by atoms with Gasteiger partial charge in [-0.15, -0.1) is 0 Å². The molecule has 1 rings (SSSR count). The molecule has 20 heavy (non-hydrogen) atoms. The van der Waals surface area contributed by atoms with Gasteiger partial charge in [-0.2, -0.15) is 18.4 Å². The summed E-state index contributed by atoms with van der Waals surface area (Å²) in [7, 11) is 0. The fourth-order valence-electron chi connectivity index (χ4n) is 1.33. The van der Waals surface area contributed by atoms with E-state index in [1.807, 2.05) is 0 Å². The van der Waals surface area contributed by atoms with Crippen LogP contribution >= 0.6 is 0 Å². The second-order valence-electron chi connectivity index (χ2n) is 4.14. The predicted molar refractivity (Wildman–Crippen MR) is 68.1 cm³/mol. The summed E-state index contributed by atoms with van der Waals surface area (Å²) in [6, 6.07) is 3.66. The van der Waals surface area contributed by atoms with E-state index in [2.05, 4.69) is 16.9 Å². The van der Waals surface area contributed by atoms with E-state index in [1.165, 1.54) is 0 Å². The molecule has 0 aliphatic heterocycles. The summed E-state index contributed by atoms with van der Waals surface area (Å²) in [5.41, 5.74) is -0.139. The zero-order valence-corrected chi connectivity index (χ0v) is 10.9. The van der Waals surface area contributed by atoms with E-state index >= 15 is 0 Å². The minimum Gasteiger partial charge on any atom is -0.375 e. The van der Waals surface area contributed by atoms with Crippen molar-refractivity contribution in [1.29, 1.82) is 5.26 Å². The summed E-state index contributed by atoms with van der Waals surface area (Å²) >= 11 is 0. The molecule has 1 aromatic rings. The van der Waals surface area contributed by atoms with Gasteiger partial charge in [0.1, 0.15) is 17.6 Å². The molecular formula is C13H14F3N3O. The van der Waals surface area contributed by atoms with E-state index in [4.69, 9.17) is 10.00 Å². The van der Waals surface area contributed by atoms with Gasteiger partial charge in [0.15, 0.2) is 0 Å². The van der Waals surface area contributed by atoms with Crippen LogP contribution in [0.4, 0.5) is 19.0 Å². The molecule has 0 amide bonds. The van der Waals surface area contributed by atoms with Gasteiger partial charge in [-0.05, 0) is 19.1 Å². The fourth-order valence-corrected chi connectivity index (χ4v) is 1.33. The second-order valence-corrected chi connectivity index (χ2v) is 4.14. The molecule has 108 valence electrons. The smallest absolute Gasteiger partial charge is 0.375 e. The van der Waals surface area contributed by atoms with Crippen molar-refractivity contribution in [2.75, 3.05) is 25.1 Å². The molecule has 0 aliphatic carbocycles. The van der Waals surface area contributed by atoms with Crippen LogP contribution < -0.4 is 5.32 Å². The molecule has 0 spiro atoms. The Morgan fingerprint density at radius 2 is 2.20 bits per heavy atom. The number of aromatic nitrogens is 1. The SMILES string of the molecule is C=C(C)COCCNc1nc(C(F)(F)F)ccc1C#N. The number of halogens is 3. The summed E-state index contributed by atoms with van der Waals surface area (Å²) in [6.45, 7) is 6.35. The summed E-state index contributed by atoms with van der Waals surface area (Å²) in [6.07, 6.45) is -4.54. The Morgan fingerprint density at radius 3 is 2.75 bits per heavy atom. The number of alkyl halides is 3. The number of nitrogens with zero attached hydrogens (tertiary/aromatic N) is 2. The van der Waals surface area contributed by atoms with Crippen LogP contribution in [-0.4, -0.2) is 24.7 Å². The lowest BCUT2D eigenvalue weighted by molar-refractivity contribution is -0.141. The fraction of sp³-hybridized carbons (Fsp3) is 0.385. The Morgan fingerprint density at radius 1 is 1.50 bits per heavy atom. The molecule has 1 heterocycles. The van der Waals surface area contributed by atoms with Gasteiger partial charge >= 0.3 is 6.18 Å². The number of nitrogens with one attached hydrogen (secondary N) is 1. The number of rotatable bonds is 6. The molecule has 0 aliphatic rings. The molecule has 0 aromatic carbocycles. The molecule has 1 aromatic heterocycles. The number of pyridine rings is 1. The largest absolute Gasteiger partial charge is 0.433 e. The highest BCUT2D eigenvalue weighted by molar-refractivity contribution is 5.52. The van der Waals surface area contributed by atoms with Crippen LogP contribution in [0.3, 0.4) is 0 Å². The Hall–Kier alpha value is -2.07. The number of nitriles is 1. The molecule has 0 unspecified atom stereocenters. The van der Waals surface area contributed by atoms with Crippen molar-refractivity contribution in [3.63, 3.8) is 0 Å². The van der Waals surface area contributed by atoms with Crippen molar-refractivity contribution in [2.45, 2.75) is 13.1 Å². The van der Waals surface area contributed by atoms with E-state index in [-0.39, 0.29) is 24.5 Å². The molecule has 0 saturated carbocycles. The first-order chi connectivity index (χ1) is 9.34. The first kappa shape index (κ1) is 16.0. The Bertz CT molecular complexity index is 521. The van der Waals surface area contributed by atoms with Crippen LogP contribution in [0.2, 0.25) is 0 Å². The quantitative estimate of drug-likeness (QED) is 0.645. The van der Waals surface area contributed by atoms with E-state index < -0.39 is 11.9 Å². The minimum absolute atomic E-state index is 0.0536. The topological polar surface area (TPSA) is 57.9 Å². The lowest BCUT2D eigenvalue weighted by atomic mass is 10.2. The molecule has 0 saturated heterocycles. The maximum absolute atomic E-state index is 12.5. The van der Waals surface area contributed by atoms with Crippen LogP contribution in [0.25, 0.3) is 0 Å². The van der Waals surface area contributed by atoms with Gasteiger partial charge in [0.25, 0.3) is 0 Å². The van der Waals surface area contributed by atoms with Crippen molar-refractivity contribution < 1.29 is 17.9 Å². The Balaban J connectivity index is 2.68. The number of hydrogen-bond acceptors (Lipinski definition) is 4. The third kappa shape index (κ3) is 4.90. The van der Waals surface area contributed by atoms with Crippen LogP contribution in [0.15, 0.2) is 24.3 Å². The van der Waals surface area contributed by atoms with E-state index in [0.29, 0.717) is 6.61 Å². The van der Waals surface area contributed by atoms with Crippen molar-refractivity contribution in [3.8, 4) is 6.07 Å². The summed E-state index contributed by atoms with van der Waals surface area (Å²) in [5.74, 6) is -0.0961. The van der Waals surface area contributed by atoms with Crippen LogP contribution in [0, 0.1) is 11.3 Å². The van der Waals surface area contributed by atoms with Crippen LogP contribution in [-0.2, 0) is 10.9 Å². The standard InChI is InChI=1S/C13H14F3N3O/c1-9(2)8-20-6-5-18-12-10(7-17)3-4-11(19-12)13(14,15)16/h3-4H,1,5-6,8H2,2H3,(H,18,19). The van der Waals surface area contributed by atoms with E-state index in [0.717, 1.165) is 17.7 Å². The van der Waals surface area contributed by atoms with Gasteiger partial charge in [-0.3, -0.25) is 0 Å². The highest BCUT2D eigenvalue weighted by atomic mass is 19.4. The summed E-state index contributed by atoms with van der Waals surface area (Å²) < 4.78 is 42.8. The van der Waals surface area contributed by atoms with Gasteiger partial charge in [-0.1, -0.05) is 12.2 Å². The van der Waals surface area contributed by atoms with Gasteiger partial charge in [0.2, 0.25) is 0 Å². The molecule has 4 nitrogen and oxygen atoms in total. The second kappa shape index (κ2) is 6.91. The normalized spacial score (nSPS) is 10.9. The molecular weight excluding hydrogens is 271 g/mol. The summed E-state index contributed by atoms with van der Waals surface area (Å²) in [5, 5.41) is 11.5. The number of hydrogen-bond donors (Lipinski definition) is 1. The third-order valence-electron chi connectivity index (χ3n) is 2.19. The van der Waals surface area contributed by atoms with Gasteiger partial charge in [-0.25, -0.2) is 4.98 Å². The maximum Gasteiger partial charge on any atom is 0.433 e. The Kier molecular flexibility index (Phi) is 5.53. The maximum atomic E-state index is 12.5. The Labute approximate surface area is 114 Å². The highest BCUT2D eigenvalue weighted by Gasteiger charge is 2.33. The number of ether oxygens (including phenoxy) is 1. The first-order valence-corrected chi connectivity index (χ1v) is 5.79. The first-order valence-electron chi connectivity index (χ1n) is 5.79. The molecule has 0 atom stereocenters. The molecule has 0 fully saturated rings. The molecule has 7 heteroatoms. The minimum atomic E-state index is -4.54. The van der Waals surface area contributed by atoms with E-state index in [1.54, 1.807) is 13.0 Å². The predicted octanol–water partition coefficient (Wildman–Crippen LogP) is 2.98. The van der Waals surface area contributed by atoms with Crippen LogP contribution in [0.1, 0.15) is 18.2 Å². The van der Waals surface area contributed by atoms with Crippen molar-refractivity contribution in [2.24, 2.45) is 0 Å². The third-order valence-corrected chi connectivity index (χ3v) is 2.19. The van der Waals surface area contributed by atoms with E-state index in [9.17, 15) is 13.2 Å². The summed E-state index contributed by atoms with van der Waals surface area (Å²) in [4.78, 5) is 3.42. The molecule has 0 radical (unpaired) electrons. The lowest BCUT2D eigenvalue weighted by Gasteiger charge is -2.11. The average molecular weight is 285 g/mol. The zero-order chi connectivity index (χ0) is 15.2. The zero-order valence-electron chi connectivity index (χ0n) is 10.9. The highest BCUT2D eigenvalue weighted by Crippen LogP contribution is 2.29.